The Kier molecular flexibility index (Phi) is 8.03. The molecule has 0 atom stereocenters. The lowest BCUT2D eigenvalue weighted by Gasteiger charge is -2.31. The quantitative estimate of drug-likeness (QED) is 0.248. The normalized spacial score (nSPS) is 17.1. The van der Waals surface area contributed by atoms with Gasteiger partial charge in [0.2, 0.25) is 0 Å². The van der Waals surface area contributed by atoms with Gasteiger partial charge in [-0.2, -0.15) is 0 Å². The molecule has 3 aromatic rings. The summed E-state index contributed by atoms with van der Waals surface area (Å²) in [6, 6.07) is 15.3. The third kappa shape index (κ3) is 5.99. The van der Waals surface area contributed by atoms with E-state index in [9.17, 15) is 9.59 Å². The number of urea groups is 1. The number of hydrogen-bond acceptors (Lipinski definition) is 9. The fourth-order valence-electron chi connectivity index (χ4n) is 4.98. The topological polar surface area (TPSA) is 112 Å². The van der Waals surface area contributed by atoms with Gasteiger partial charge in [-0.1, -0.05) is 18.3 Å². The van der Waals surface area contributed by atoms with Crippen molar-refractivity contribution in [1.29, 1.82) is 0 Å². The Morgan fingerprint density at radius 1 is 0.854 bits per heavy atom. The number of carbonyl (C=O) groups is 2. The van der Waals surface area contributed by atoms with Gasteiger partial charge in [0.25, 0.3) is 5.91 Å². The van der Waals surface area contributed by atoms with Crippen LogP contribution >= 0.6 is 11.8 Å². The number of ether oxygens (including phenoxy) is 2. The van der Waals surface area contributed by atoms with Crippen LogP contribution in [-0.2, 0) is 20.8 Å². The van der Waals surface area contributed by atoms with Crippen LogP contribution in [0.5, 0.6) is 0 Å². The predicted molar refractivity (Wildman–Crippen MR) is 159 cm³/mol. The number of anilines is 5. The van der Waals surface area contributed by atoms with Crippen LogP contribution in [0.3, 0.4) is 0 Å². The molecule has 0 saturated carbocycles. The first-order valence-corrected chi connectivity index (χ1v) is 14.3. The second kappa shape index (κ2) is 12.2. The molecule has 0 unspecified atom stereocenters. The molecule has 11 nitrogen and oxygen atoms in total. The fraction of sp³-hybridized carbons (Fsp3) is 0.310. The van der Waals surface area contributed by atoms with Gasteiger partial charge < -0.3 is 29.9 Å². The second-order valence-corrected chi connectivity index (χ2v) is 10.8. The van der Waals surface area contributed by atoms with Crippen LogP contribution in [0.15, 0.2) is 71.4 Å². The standard InChI is InChI=1S/C29H31N7O4S/c1-20(27(37)33-21-2-4-22(5-3-21)34-10-14-39-15-11-34)41-28-25-18-30-29(38)36(26(25)31-19-32-28)24-8-6-23(7-9-24)35-12-16-40-17-13-35/h2-9,19H,1,10-18H2,(H,30,38)(H,33,37). The number of nitrogens with one attached hydrogen (secondary N) is 2. The molecule has 0 spiro atoms. The van der Waals surface area contributed by atoms with Gasteiger partial charge in [0.05, 0.1) is 43.6 Å². The highest BCUT2D eigenvalue weighted by atomic mass is 32.2. The van der Waals surface area contributed by atoms with Crippen LogP contribution in [-0.4, -0.2) is 74.5 Å². The number of amides is 3. The van der Waals surface area contributed by atoms with Crippen LogP contribution in [0.1, 0.15) is 5.56 Å². The number of morpholine rings is 2. The summed E-state index contributed by atoms with van der Waals surface area (Å²) in [7, 11) is 0. The maximum Gasteiger partial charge on any atom is 0.327 e. The van der Waals surface area contributed by atoms with Crippen molar-refractivity contribution < 1.29 is 19.1 Å². The summed E-state index contributed by atoms with van der Waals surface area (Å²) in [5.74, 6) is 0.161. The van der Waals surface area contributed by atoms with Gasteiger partial charge in [-0.3, -0.25) is 4.79 Å². The summed E-state index contributed by atoms with van der Waals surface area (Å²) in [4.78, 5) is 41.1. The minimum atomic E-state index is -0.322. The summed E-state index contributed by atoms with van der Waals surface area (Å²) in [6.07, 6.45) is 1.41. The lowest BCUT2D eigenvalue weighted by Crippen LogP contribution is -2.42. The Hall–Kier alpha value is -4.13. The molecule has 1 aromatic heterocycles. The third-order valence-corrected chi connectivity index (χ3v) is 8.15. The molecule has 3 aliphatic rings. The average molecular weight is 574 g/mol. The van der Waals surface area contributed by atoms with Crippen molar-refractivity contribution in [3.8, 4) is 0 Å². The van der Waals surface area contributed by atoms with E-state index in [2.05, 4.69) is 37.0 Å². The van der Waals surface area contributed by atoms with Gasteiger partial charge in [0, 0.05) is 48.8 Å². The smallest absolute Gasteiger partial charge is 0.327 e. The fourth-order valence-corrected chi connectivity index (χ4v) is 5.74. The van der Waals surface area contributed by atoms with Gasteiger partial charge in [-0.15, -0.1) is 0 Å². The monoisotopic (exact) mass is 573 g/mol. The Bertz CT molecular complexity index is 1420. The van der Waals surface area contributed by atoms with Crippen molar-refractivity contribution in [1.82, 2.24) is 15.3 Å². The molecule has 12 heteroatoms. The lowest BCUT2D eigenvalue weighted by molar-refractivity contribution is -0.112. The van der Waals surface area contributed by atoms with Crippen molar-refractivity contribution in [3.05, 3.63) is 71.9 Å². The second-order valence-electron chi connectivity index (χ2n) is 9.72. The van der Waals surface area contributed by atoms with Crippen molar-refractivity contribution in [2.75, 3.05) is 72.6 Å². The molecule has 3 aliphatic heterocycles. The molecule has 0 aliphatic carbocycles. The SMILES string of the molecule is C=C(Sc1ncnc2c1CNC(=O)N2c1ccc(N2CCOCC2)cc1)C(=O)Nc1ccc(N2CCOCC2)cc1. The summed E-state index contributed by atoms with van der Waals surface area (Å²) >= 11 is 1.15. The van der Waals surface area contributed by atoms with E-state index in [-0.39, 0.29) is 23.4 Å². The molecular formula is C29H31N7O4S. The van der Waals surface area contributed by atoms with E-state index in [4.69, 9.17) is 9.47 Å². The minimum absolute atomic E-state index is 0.248. The molecule has 41 heavy (non-hydrogen) atoms. The Morgan fingerprint density at radius 2 is 1.41 bits per heavy atom. The molecule has 2 aromatic carbocycles. The molecule has 6 rings (SSSR count). The van der Waals surface area contributed by atoms with Crippen molar-refractivity contribution >= 4 is 52.3 Å². The maximum absolute atomic E-state index is 13.0. The van der Waals surface area contributed by atoms with E-state index in [1.807, 2.05) is 48.5 Å². The van der Waals surface area contributed by atoms with Crippen molar-refractivity contribution in [2.24, 2.45) is 0 Å². The molecule has 0 radical (unpaired) electrons. The number of thioether (sulfide) groups is 1. The summed E-state index contributed by atoms with van der Waals surface area (Å²) in [5.41, 5.74) is 4.25. The predicted octanol–water partition coefficient (Wildman–Crippen LogP) is 3.76. The van der Waals surface area contributed by atoms with Gasteiger partial charge in [0.1, 0.15) is 11.4 Å². The Labute approximate surface area is 242 Å². The summed E-state index contributed by atoms with van der Waals surface area (Å²) < 4.78 is 10.9. The van der Waals surface area contributed by atoms with E-state index in [0.717, 1.165) is 54.9 Å². The van der Waals surface area contributed by atoms with Crippen LogP contribution in [0, 0.1) is 0 Å². The van der Waals surface area contributed by atoms with Crippen LogP contribution in [0.4, 0.5) is 33.4 Å². The summed E-state index contributed by atoms with van der Waals surface area (Å²) in [6.45, 7) is 10.4. The zero-order chi connectivity index (χ0) is 28.2. The number of carbonyl (C=O) groups excluding carboxylic acids is 2. The lowest BCUT2D eigenvalue weighted by atomic mass is 10.2. The zero-order valence-corrected chi connectivity index (χ0v) is 23.4. The first-order valence-electron chi connectivity index (χ1n) is 13.5. The van der Waals surface area contributed by atoms with E-state index in [1.54, 1.807) is 0 Å². The highest BCUT2D eigenvalue weighted by molar-refractivity contribution is 8.04. The van der Waals surface area contributed by atoms with Crippen molar-refractivity contribution in [3.63, 3.8) is 0 Å². The van der Waals surface area contributed by atoms with E-state index in [0.29, 0.717) is 48.6 Å². The van der Waals surface area contributed by atoms with Gasteiger partial charge in [0.15, 0.2) is 5.82 Å². The number of fused-ring (bicyclic) bond motifs is 1. The molecule has 2 saturated heterocycles. The van der Waals surface area contributed by atoms with Crippen molar-refractivity contribution in [2.45, 2.75) is 11.6 Å². The first kappa shape index (κ1) is 27.1. The number of aromatic nitrogens is 2. The van der Waals surface area contributed by atoms with E-state index < -0.39 is 0 Å². The minimum Gasteiger partial charge on any atom is -0.378 e. The van der Waals surface area contributed by atoms with E-state index >= 15 is 0 Å². The molecule has 2 N–H and O–H groups in total. The Balaban J connectivity index is 1.14. The van der Waals surface area contributed by atoms with Gasteiger partial charge in [-0.05, 0) is 48.5 Å². The molecule has 2 fully saturated rings. The molecule has 3 amide bonds. The number of benzene rings is 2. The zero-order valence-electron chi connectivity index (χ0n) is 22.5. The van der Waals surface area contributed by atoms with Crippen LogP contribution < -0.4 is 25.3 Å². The van der Waals surface area contributed by atoms with Gasteiger partial charge in [-0.25, -0.2) is 19.7 Å². The van der Waals surface area contributed by atoms with E-state index in [1.165, 1.54) is 11.2 Å². The largest absolute Gasteiger partial charge is 0.378 e. The Morgan fingerprint density at radius 3 is 2.02 bits per heavy atom. The average Bonchev–Trinajstić information content (AvgIpc) is 3.02. The summed E-state index contributed by atoms with van der Waals surface area (Å²) in [5, 5.41) is 6.38. The molecular weight excluding hydrogens is 542 g/mol. The molecule has 212 valence electrons. The highest BCUT2D eigenvalue weighted by Crippen LogP contribution is 2.37. The molecule has 0 bridgehead atoms. The van der Waals surface area contributed by atoms with Crippen LogP contribution in [0.2, 0.25) is 0 Å². The third-order valence-electron chi connectivity index (χ3n) is 7.17. The van der Waals surface area contributed by atoms with Gasteiger partial charge >= 0.3 is 6.03 Å². The highest BCUT2D eigenvalue weighted by Gasteiger charge is 2.30. The first-order chi connectivity index (χ1) is 20.1. The number of nitrogens with zero attached hydrogens (tertiary/aromatic N) is 5. The van der Waals surface area contributed by atoms with Crippen LogP contribution in [0.25, 0.3) is 0 Å². The molecule has 4 heterocycles. The maximum atomic E-state index is 13.0. The number of rotatable bonds is 7. The number of hydrogen-bond donors (Lipinski definition) is 2.